The lowest BCUT2D eigenvalue weighted by Gasteiger charge is -2.14. The van der Waals surface area contributed by atoms with Gasteiger partial charge in [-0.2, -0.15) is 5.26 Å². The van der Waals surface area contributed by atoms with Gasteiger partial charge in [-0.3, -0.25) is 0 Å². The minimum absolute atomic E-state index is 0.349. The van der Waals surface area contributed by atoms with E-state index in [0.29, 0.717) is 17.7 Å². The number of benzene rings is 1. The molecule has 3 nitrogen and oxygen atoms in total. The van der Waals surface area contributed by atoms with Crippen LogP contribution in [0.4, 0.5) is 0 Å². The first kappa shape index (κ1) is 12.1. The van der Waals surface area contributed by atoms with Gasteiger partial charge in [0.1, 0.15) is 0 Å². The second-order valence-corrected chi connectivity index (χ2v) is 7.03. The van der Waals surface area contributed by atoms with Gasteiger partial charge >= 0.3 is 0 Å². The number of hydrogen-bond acceptors (Lipinski definition) is 3. The Balaban J connectivity index is 2.68. The minimum atomic E-state index is -3.52. The molecule has 0 aromatic heterocycles. The van der Waals surface area contributed by atoms with Crippen molar-refractivity contribution >= 4 is 9.84 Å². The van der Waals surface area contributed by atoms with E-state index in [0.717, 1.165) is 16.7 Å². The van der Waals surface area contributed by atoms with Crippen LogP contribution in [-0.4, -0.2) is 13.2 Å². The lowest BCUT2D eigenvalue weighted by Crippen LogP contribution is -2.23. The van der Waals surface area contributed by atoms with Crippen LogP contribution in [0.2, 0.25) is 0 Å². The van der Waals surface area contributed by atoms with Crippen molar-refractivity contribution in [1.82, 2.24) is 0 Å². The highest BCUT2D eigenvalue weighted by Gasteiger charge is 2.56. The van der Waals surface area contributed by atoms with Crippen LogP contribution in [0.15, 0.2) is 17.0 Å². The summed E-state index contributed by atoms with van der Waals surface area (Å²) in [4.78, 5) is 0.349. The standard InChI is InChI=1S/C13H15NO2S/c1-9-6-10(2)12(11(3)7-9)17(15,16)13(8-14)4-5-13/h6-7H,4-5H2,1-3H3. The molecule has 0 heterocycles. The van der Waals surface area contributed by atoms with Crippen molar-refractivity contribution in [3.05, 3.63) is 28.8 Å². The highest BCUT2D eigenvalue weighted by Crippen LogP contribution is 2.47. The molecule has 1 aliphatic carbocycles. The molecule has 0 unspecified atom stereocenters. The van der Waals surface area contributed by atoms with Gasteiger partial charge in [0.2, 0.25) is 0 Å². The molecule has 90 valence electrons. The van der Waals surface area contributed by atoms with E-state index >= 15 is 0 Å². The third kappa shape index (κ3) is 1.66. The summed E-state index contributed by atoms with van der Waals surface area (Å²) < 4.78 is 23.8. The van der Waals surface area contributed by atoms with Gasteiger partial charge in [-0.05, 0) is 44.7 Å². The third-order valence-electron chi connectivity index (χ3n) is 3.30. The normalized spacial score (nSPS) is 17.5. The Hall–Kier alpha value is -1.34. The molecule has 1 aromatic rings. The van der Waals surface area contributed by atoms with Crippen LogP contribution < -0.4 is 0 Å². The molecule has 0 bridgehead atoms. The summed E-state index contributed by atoms with van der Waals surface area (Å²) in [6.45, 7) is 5.52. The van der Waals surface area contributed by atoms with E-state index in [1.165, 1.54) is 0 Å². The molecule has 0 saturated heterocycles. The quantitative estimate of drug-likeness (QED) is 0.809. The van der Waals surface area contributed by atoms with Crippen LogP contribution in [0, 0.1) is 32.1 Å². The lowest BCUT2D eigenvalue weighted by atomic mass is 10.1. The van der Waals surface area contributed by atoms with E-state index in [1.807, 2.05) is 25.1 Å². The Morgan fingerprint density at radius 3 is 2.00 bits per heavy atom. The summed E-state index contributed by atoms with van der Waals surface area (Å²) in [7, 11) is -3.52. The number of hydrogen-bond donors (Lipinski definition) is 0. The monoisotopic (exact) mass is 249 g/mol. The SMILES string of the molecule is Cc1cc(C)c(S(=O)(=O)C2(C#N)CC2)c(C)c1. The molecule has 1 aromatic carbocycles. The molecule has 0 radical (unpaired) electrons. The first-order valence-corrected chi connectivity index (χ1v) is 7.06. The van der Waals surface area contributed by atoms with Gasteiger partial charge in [0, 0.05) is 0 Å². The molecular formula is C13H15NO2S. The van der Waals surface area contributed by atoms with Gasteiger partial charge in [0.15, 0.2) is 14.6 Å². The van der Waals surface area contributed by atoms with E-state index < -0.39 is 14.6 Å². The van der Waals surface area contributed by atoms with Gasteiger partial charge < -0.3 is 0 Å². The fourth-order valence-electron chi connectivity index (χ4n) is 2.34. The molecule has 1 saturated carbocycles. The average Bonchev–Trinajstić information content (AvgIpc) is 2.95. The highest BCUT2D eigenvalue weighted by atomic mass is 32.2. The second kappa shape index (κ2) is 3.58. The summed E-state index contributed by atoms with van der Waals surface area (Å²) in [5, 5.41) is 9.06. The summed E-state index contributed by atoms with van der Waals surface area (Å²) in [5.74, 6) is 0. The summed E-state index contributed by atoms with van der Waals surface area (Å²) in [6, 6.07) is 5.68. The van der Waals surface area contributed by atoms with E-state index in [-0.39, 0.29) is 0 Å². The van der Waals surface area contributed by atoms with Gasteiger partial charge in [0.05, 0.1) is 11.0 Å². The third-order valence-corrected chi connectivity index (χ3v) is 6.01. The molecule has 1 aliphatic rings. The van der Waals surface area contributed by atoms with Crippen LogP contribution >= 0.6 is 0 Å². The zero-order valence-corrected chi connectivity index (χ0v) is 11.1. The molecule has 0 aliphatic heterocycles. The maximum Gasteiger partial charge on any atom is 0.197 e. The first-order valence-electron chi connectivity index (χ1n) is 5.58. The molecule has 0 amide bonds. The number of nitrogens with zero attached hydrogens (tertiary/aromatic N) is 1. The zero-order chi connectivity index (χ0) is 12.8. The van der Waals surface area contributed by atoms with Crippen molar-refractivity contribution < 1.29 is 8.42 Å². The van der Waals surface area contributed by atoms with E-state index in [4.69, 9.17) is 5.26 Å². The van der Waals surface area contributed by atoms with Gasteiger partial charge in [-0.1, -0.05) is 17.7 Å². The Bertz CT molecular complexity index is 596. The van der Waals surface area contributed by atoms with E-state index in [1.54, 1.807) is 13.8 Å². The fraction of sp³-hybridized carbons (Fsp3) is 0.462. The van der Waals surface area contributed by atoms with Gasteiger partial charge in [-0.15, -0.1) is 0 Å². The topological polar surface area (TPSA) is 57.9 Å². The predicted octanol–water partition coefficient (Wildman–Crippen LogP) is 2.44. The molecule has 17 heavy (non-hydrogen) atoms. The largest absolute Gasteiger partial charge is 0.222 e. The van der Waals surface area contributed by atoms with Crippen molar-refractivity contribution in [3.8, 4) is 6.07 Å². The van der Waals surface area contributed by atoms with E-state index in [2.05, 4.69) is 0 Å². The summed E-state index contributed by atoms with van der Waals surface area (Å²) >= 11 is 0. The van der Waals surface area contributed by atoms with Gasteiger partial charge in [-0.25, -0.2) is 8.42 Å². The van der Waals surface area contributed by atoms with Crippen molar-refractivity contribution in [3.63, 3.8) is 0 Å². The maximum absolute atomic E-state index is 12.5. The molecular weight excluding hydrogens is 234 g/mol. The molecule has 1 fully saturated rings. The smallest absolute Gasteiger partial charge is 0.197 e. The van der Waals surface area contributed by atoms with Crippen LogP contribution in [0.25, 0.3) is 0 Å². The van der Waals surface area contributed by atoms with Crippen LogP contribution in [-0.2, 0) is 9.84 Å². The fourth-order valence-corrected chi connectivity index (χ4v) is 4.46. The molecule has 4 heteroatoms. The van der Waals surface area contributed by atoms with Crippen LogP contribution in [0.5, 0.6) is 0 Å². The Labute approximate surface area is 102 Å². The minimum Gasteiger partial charge on any atom is -0.222 e. The molecule has 0 spiro atoms. The molecule has 2 rings (SSSR count). The van der Waals surface area contributed by atoms with Gasteiger partial charge in [0.25, 0.3) is 0 Å². The average molecular weight is 249 g/mol. The Morgan fingerprint density at radius 2 is 1.65 bits per heavy atom. The number of nitriles is 1. The van der Waals surface area contributed by atoms with Crippen LogP contribution in [0.1, 0.15) is 29.5 Å². The van der Waals surface area contributed by atoms with E-state index in [9.17, 15) is 8.42 Å². The van der Waals surface area contributed by atoms with Crippen molar-refractivity contribution in [2.45, 2.75) is 43.3 Å². The zero-order valence-electron chi connectivity index (χ0n) is 10.2. The number of aryl methyl sites for hydroxylation is 3. The highest BCUT2D eigenvalue weighted by molar-refractivity contribution is 7.93. The number of rotatable bonds is 2. The summed E-state index contributed by atoms with van der Waals surface area (Å²) in [5.41, 5.74) is 2.52. The first-order chi connectivity index (χ1) is 7.84. The molecule has 0 atom stereocenters. The lowest BCUT2D eigenvalue weighted by molar-refractivity contribution is 0.587. The predicted molar refractivity (Wildman–Crippen MR) is 65.4 cm³/mol. The summed E-state index contributed by atoms with van der Waals surface area (Å²) in [6.07, 6.45) is 0.914. The Kier molecular flexibility index (Phi) is 2.55. The maximum atomic E-state index is 12.5. The molecule has 0 N–H and O–H groups in total. The van der Waals surface area contributed by atoms with Crippen molar-refractivity contribution in [2.75, 3.05) is 0 Å². The van der Waals surface area contributed by atoms with Crippen molar-refractivity contribution in [2.24, 2.45) is 0 Å². The van der Waals surface area contributed by atoms with Crippen LogP contribution in [0.3, 0.4) is 0 Å². The number of sulfone groups is 1. The Morgan fingerprint density at radius 1 is 1.18 bits per heavy atom. The van der Waals surface area contributed by atoms with Crippen molar-refractivity contribution in [1.29, 1.82) is 5.26 Å². The second-order valence-electron chi connectivity index (χ2n) is 4.84.